The molecule has 3 rings (SSSR count). The van der Waals surface area contributed by atoms with Crippen molar-refractivity contribution in [1.29, 1.82) is 0 Å². The van der Waals surface area contributed by atoms with Crippen LogP contribution in [0, 0.1) is 5.92 Å². The average molecular weight is 367 g/mol. The maximum atomic E-state index is 12.1. The van der Waals surface area contributed by atoms with Crippen LogP contribution >= 0.6 is 11.8 Å². The van der Waals surface area contributed by atoms with Crippen LogP contribution in [0.4, 0.5) is 5.69 Å². The van der Waals surface area contributed by atoms with E-state index in [1.54, 1.807) is 11.8 Å². The Morgan fingerprint density at radius 3 is 2.62 bits per heavy atom. The van der Waals surface area contributed by atoms with Gasteiger partial charge in [-0.25, -0.2) is 0 Å². The van der Waals surface area contributed by atoms with Crippen LogP contribution in [0.25, 0.3) is 0 Å². The van der Waals surface area contributed by atoms with E-state index in [4.69, 9.17) is 4.74 Å². The third kappa shape index (κ3) is 5.49. The number of benzene rings is 2. The Bertz CT molecular complexity index is 789. The normalized spacial score (nSPS) is 15.6. The van der Waals surface area contributed by atoms with E-state index in [1.807, 2.05) is 60.7 Å². The maximum Gasteiger partial charge on any atom is 0.306 e. The first kappa shape index (κ1) is 18.3. The lowest BCUT2D eigenvalue weighted by atomic mass is 10.1. The number of esters is 1. The second-order valence-electron chi connectivity index (χ2n) is 6.09. The summed E-state index contributed by atoms with van der Waals surface area (Å²) in [4.78, 5) is 26.0. The summed E-state index contributed by atoms with van der Waals surface area (Å²) in [6.45, 7) is -0.264. The van der Waals surface area contributed by atoms with E-state index < -0.39 is 0 Å². The van der Waals surface area contributed by atoms with Gasteiger partial charge in [0.1, 0.15) is 0 Å². The highest BCUT2D eigenvalue weighted by Gasteiger charge is 2.16. The van der Waals surface area contributed by atoms with Crippen molar-refractivity contribution >= 4 is 29.3 Å². The number of ether oxygens (including phenoxy) is 1. The van der Waals surface area contributed by atoms with Crippen molar-refractivity contribution in [2.45, 2.75) is 29.1 Å². The summed E-state index contributed by atoms with van der Waals surface area (Å²) in [6, 6.07) is 17.5. The number of carbonyl (C=O) groups excluding carboxylic acids is 2. The smallest absolute Gasteiger partial charge is 0.306 e. The first-order valence-electron chi connectivity index (χ1n) is 8.65. The monoisotopic (exact) mass is 367 g/mol. The van der Waals surface area contributed by atoms with Crippen LogP contribution in [-0.4, -0.2) is 18.5 Å². The Morgan fingerprint density at radius 1 is 1.08 bits per heavy atom. The lowest BCUT2D eigenvalue weighted by Gasteiger charge is -2.11. The summed E-state index contributed by atoms with van der Waals surface area (Å²) in [5.41, 5.74) is 0.709. The molecule has 0 aromatic heterocycles. The molecule has 26 heavy (non-hydrogen) atoms. The summed E-state index contributed by atoms with van der Waals surface area (Å²) in [5, 5.41) is 2.83. The Hall–Kier alpha value is -2.53. The van der Waals surface area contributed by atoms with Gasteiger partial charge in [0.25, 0.3) is 5.91 Å². The molecule has 134 valence electrons. The van der Waals surface area contributed by atoms with E-state index in [-0.39, 0.29) is 24.4 Å². The fourth-order valence-electron chi connectivity index (χ4n) is 2.75. The lowest BCUT2D eigenvalue weighted by molar-refractivity contribution is -0.147. The Labute approximate surface area is 157 Å². The van der Waals surface area contributed by atoms with Gasteiger partial charge in [0.2, 0.25) is 0 Å². The van der Waals surface area contributed by atoms with E-state index in [0.717, 1.165) is 22.6 Å². The summed E-state index contributed by atoms with van der Waals surface area (Å²) >= 11 is 1.57. The van der Waals surface area contributed by atoms with Crippen LogP contribution < -0.4 is 5.32 Å². The van der Waals surface area contributed by atoms with E-state index in [0.29, 0.717) is 12.1 Å². The van der Waals surface area contributed by atoms with E-state index in [2.05, 4.69) is 11.4 Å². The number of carbonyl (C=O) groups is 2. The van der Waals surface area contributed by atoms with Gasteiger partial charge in [-0.1, -0.05) is 54.2 Å². The second kappa shape index (κ2) is 9.25. The largest absolute Gasteiger partial charge is 0.456 e. The highest BCUT2D eigenvalue weighted by molar-refractivity contribution is 7.99. The number of hydrogen-bond donors (Lipinski definition) is 1. The quantitative estimate of drug-likeness (QED) is 0.570. The van der Waals surface area contributed by atoms with Crippen LogP contribution in [0.1, 0.15) is 19.3 Å². The van der Waals surface area contributed by atoms with Crippen LogP contribution in [-0.2, 0) is 14.3 Å². The van der Waals surface area contributed by atoms with Gasteiger partial charge < -0.3 is 10.1 Å². The standard InChI is InChI=1S/C21H21NO3S/c23-20(15-25-21(24)14-16-8-4-5-9-16)22-18-12-6-7-13-19(18)26-17-10-2-1-3-11-17/h1-4,6-8,10-13,16H,5,9,14-15H2,(H,22,23)/t16-/m0/s1. The Morgan fingerprint density at radius 2 is 1.85 bits per heavy atom. The third-order valence-corrected chi connectivity index (χ3v) is 5.12. The highest BCUT2D eigenvalue weighted by atomic mass is 32.2. The molecule has 4 nitrogen and oxygen atoms in total. The molecular formula is C21H21NO3S. The van der Waals surface area contributed by atoms with Crippen LogP contribution in [0.15, 0.2) is 76.5 Å². The minimum Gasteiger partial charge on any atom is -0.456 e. The molecule has 1 N–H and O–H groups in total. The summed E-state index contributed by atoms with van der Waals surface area (Å²) < 4.78 is 5.10. The molecule has 0 aliphatic heterocycles. The Kier molecular flexibility index (Phi) is 6.50. The first-order chi connectivity index (χ1) is 12.7. The van der Waals surface area contributed by atoms with Crippen molar-refractivity contribution < 1.29 is 14.3 Å². The van der Waals surface area contributed by atoms with Gasteiger partial charge in [-0.2, -0.15) is 0 Å². The van der Waals surface area contributed by atoms with Gasteiger partial charge in [0.05, 0.1) is 12.1 Å². The number of nitrogens with one attached hydrogen (secondary N) is 1. The number of rotatable bonds is 7. The number of amides is 1. The third-order valence-electron chi connectivity index (χ3n) is 4.04. The Balaban J connectivity index is 1.52. The molecule has 1 atom stereocenters. The van der Waals surface area contributed by atoms with Gasteiger partial charge in [0.15, 0.2) is 6.61 Å². The zero-order valence-corrected chi connectivity index (χ0v) is 15.2. The van der Waals surface area contributed by atoms with Crippen molar-refractivity contribution in [2.24, 2.45) is 5.92 Å². The van der Waals surface area contributed by atoms with Gasteiger partial charge in [-0.15, -0.1) is 0 Å². The number of para-hydroxylation sites is 1. The molecule has 0 unspecified atom stereocenters. The predicted octanol–water partition coefficient (Wildman–Crippen LogP) is 4.68. The fourth-order valence-corrected chi connectivity index (χ4v) is 3.67. The van der Waals surface area contributed by atoms with Crippen LogP contribution in [0.3, 0.4) is 0 Å². The van der Waals surface area contributed by atoms with Gasteiger partial charge in [-0.3, -0.25) is 9.59 Å². The minimum atomic E-state index is -0.332. The molecule has 1 aliphatic carbocycles. The molecule has 0 heterocycles. The second-order valence-corrected chi connectivity index (χ2v) is 7.21. The van der Waals surface area contributed by atoms with E-state index in [9.17, 15) is 9.59 Å². The molecule has 1 aliphatic rings. The maximum absolute atomic E-state index is 12.1. The molecule has 0 saturated carbocycles. The number of hydrogen-bond acceptors (Lipinski definition) is 4. The lowest BCUT2D eigenvalue weighted by Crippen LogP contribution is -2.21. The van der Waals surface area contributed by atoms with Crippen molar-refractivity contribution in [3.63, 3.8) is 0 Å². The molecular weight excluding hydrogens is 346 g/mol. The summed E-state index contributed by atoms with van der Waals surface area (Å²) in [6.07, 6.45) is 6.44. The van der Waals surface area contributed by atoms with Crippen molar-refractivity contribution in [2.75, 3.05) is 11.9 Å². The van der Waals surface area contributed by atoms with Crippen molar-refractivity contribution in [3.05, 3.63) is 66.7 Å². The highest BCUT2D eigenvalue weighted by Crippen LogP contribution is 2.33. The first-order valence-corrected chi connectivity index (χ1v) is 9.46. The molecule has 0 bridgehead atoms. The fraction of sp³-hybridized carbons (Fsp3) is 0.238. The minimum absolute atomic E-state index is 0.244. The number of anilines is 1. The molecule has 5 heteroatoms. The van der Waals surface area contributed by atoms with Gasteiger partial charge >= 0.3 is 5.97 Å². The van der Waals surface area contributed by atoms with Crippen molar-refractivity contribution in [1.82, 2.24) is 0 Å². The summed E-state index contributed by atoms with van der Waals surface area (Å²) in [5.74, 6) is -0.418. The molecule has 0 spiro atoms. The predicted molar refractivity (Wildman–Crippen MR) is 103 cm³/mol. The zero-order valence-electron chi connectivity index (χ0n) is 14.4. The molecule has 0 fully saturated rings. The van der Waals surface area contributed by atoms with Crippen molar-refractivity contribution in [3.8, 4) is 0 Å². The average Bonchev–Trinajstić information content (AvgIpc) is 3.15. The van der Waals surface area contributed by atoms with E-state index in [1.165, 1.54) is 0 Å². The summed E-state index contributed by atoms with van der Waals surface area (Å²) in [7, 11) is 0. The molecule has 2 aromatic rings. The van der Waals surface area contributed by atoms with Crippen LogP contribution in [0.5, 0.6) is 0 Å². The topological polar surface area (TPSA) is 55.4 Å². The SMILES string of the molecule is O=C(COC(=O)C[C@H]1C=CCC1)Nc1ccccc1Sc1ccccc1. The molecule has 0 saturated heterocycles. The molecule has 0 radical (unpaired) electrons. The van der Waals surface area contributed by atoms with E-state index >= 15 is 0 Å². The van der Waals surface area contributed by atoms with Gasteiger partial charge in [0, 0.05) is 9.79 Å². The van der Waals surface area contributed by atoms with Gasteiger partial charge in [-0.05, 0) is 43.0 Å². The number of allylic oxidation sites excluding steroid dienone is 2. The van der Waals surface area contributed by atoms with Crippen LogP contribution in [0.2, 0.25) is 0 Å². The molecule has 1 amide bonds. The zero-order chi connectivity index (χ0) is 18.2. The molecule has 2 aromatic carbocycles.